The monoisotopic (exact) mass is 367 g/mol. The summed E-state index contributed by atoms with van der Waals surface area (Å²) >= 11 is 1.88. The van der Waals surface area contributed by atoms with Gasteiger partial charge in [0, 0.05) is 24.5 Å². The Balaban J connectivity index is 2.06. The minimum absolute atomic E-state index is 0.0205. The van der Waals surface area contributed by atoms with Crippen LogP contribution in [0.1, 0.15) is 43.9 Å². The van der Waals surface area contributed by atoms with Crippen LogP contribution in [0, 0.1) is 12.7 Å². The molecule has 0 aliphatic carbocycles. The van der Waals surface area contributed by atoms with Crippen molar-refractivity contribution < 1.29 is 9.13 Å². The van der Waals surface area contributed by atoms with Gasteiger partial charge in [-0.05, 0) is 57.1 Å². The fraction of sp³-hybridized carbons (Fsp3) is 0.632. The molecule has 1 unspecified atom stereocenters. The molecule has 25 heavy (non-hydrogen) atoms. The molecule has 0 saturated carbocycles. The number of nitrogens with one attached hydrogen (secondary N) is 2. The van der Waals surface area contributed by atoms with E-state index in [1.54, 1.807) is 13.0 Å². The molecule has 0 radical (unpaired) electrons. The molecular weight excluding hydrogens is 337 g/mol. The van der Waals surface area contributed by atoms with E-state index in [-0.39, 0.29) is 16.6 Å². The molecule has 1 aromatic carbocycles. The van der Waals surface area contributed by atoms with Gasteiger partial charge in [0.1, 0.15) is 5.82 Å². The molecule has 6 heteroatoms. The van der Waals surface area contributed by atoms with Crippen LogP contribution in [0.5, 0.6) is 0 Å². The molecule has 140 valence electrons. The van der Waals surface area contributed by atoms with Crippen molar-refractivity contribution in [3.8, 4) is 0 Å². The van der Waals surface area contributed by atoms with E-state index in [0.29, 0.717) is 5.56 Å². The second kappa shape index (κ2) is 9.43. The van der Waals surface area contributed by atoms with E-state index in [2.05, 4.69) is 16.9 Å². The number of thioether (sulfide) groups is 1. The van der Waals surface area contributed by atoms with E-state index in [1.807, 2.05) is 37.7 Å². The van der Waals surface area contributed by atoms with Crippen LogP contribution in [-0.4, -0.2) is 43.3 Å². The lowest BCUT2D eigenvalue weighted by Crippen LogP contribution is -2.41. The topological polar surface area (TPSA) is 45.7 Å². The maximum atomic E-state index is 13.8. The summed E-state index contributed by atoms with van der Waals surface area (Å²) in [5.41, 5.74) is 1.58. The minimum Gasteiger partial charge on any atom is -0.381 e. The van der Waals surface area contributed by atoms with Gasteiger partial charge in [-0.25, -0.2) is 4.39 Å². The van der Waals surface area contributed by atoms with Crippen LogP contribution >= 0.6 is 11.8 Å². The van der Waals surface area contributed by atoms with Gasteiger partial charge in [-0.15, -0.1) is 0 Å². The number of hydrogen-bond donors (Lipinski definition) is 2. The molecule has 0 bridgehead atoms. The highest BCUT2D eigenvalue weighted by atomic mass is 32.2. The van der Waals surface area contributed by atoms with Crippen molar-refractivity contribution in [3.63, 3.8) is 0 Å². The Morgan fingerprint density at radius 2 is 2.12 bits per heavy atom. The maximum Gasteiger partial charge on any atom is 0.191 e. The first-order chi connectivity index (χ1) is 12.0. The number of ether oxygens (including phenoxy) is 1. The first-order valence-corrected chi connectivity index (χ1v) is 10.2. The molecule has 1 aliphatic heterocycles. The molecule has 2 N–H and O–H groups in total. The summed E-state index contributed by atoms with van der Waals surface area (Å²) in [5, 5.41) is 6.69. The molecule has 4 nitrogen and oxygen atoms in total. The van der Waals surface area contributed by atoms with Crippen molar-refractivity contribution in [2.24, 2.45) is 4.99 Å². The largest absolute Gasteiger partial charge is 0.381 e. The Hall–Kier alpha value is -1.27. The van der Waals surface area contributed by atoms with E-state index in [0.717, 1.165) is 50.7 Å². The van der Waals surface area contributed by atoms with E-state index < -0.39 is 0 Å². The third kappa shape index (κ3) is 5.61. The fourth-order valence-electron chi connectivity index (χ4n) is 2.88. The predicted molar refractivity (Wildman–Crippen MR) is 105 cm³/mol. The lowest BCUT2D eigenvalue weighted by molar-refractivity contribution is 0.0794. The fourth-order valence-corrected chi connectivity index (χ4v) is 3.65. The number of aryl methyl sites for hydroxylation is 1. The Morgan fingerprint density at radius 3 is 2.72 bits per heavy atom. The Morgan fingerprint density at radius 1 is 1.40 bits per heavy atom. The van der Waals surface area contributed by atoms with Crippen molar-refractivity contribution in [1.29, 1.82) is 0 Å². The number of benzene rings is 1. The molecule has 2 rings (SSSR count). The minimum atomic E-state index is -0.170. The average Bonchev–Trinajstić information content (AvgIpc) is 2.63. The third-order valence-electron chi connectivity index (χ3n) is 4.76. The van der Waals surface area contributed by atoms with E-state index in [1.165, 1.54) is 0 Å². The second-order valence-corrected chi connectivity index (χ2v) is 7.84. The van der Waals surface area contributed by atoms with Gasteiger partial charge in [-0.3, -0.25) is 4.99 Å². The van der Waals surface area contributed by atoms with E-state index >= 15 is 0 Å². The predicted octanol–water partition coefficient (Wildman–Crippen LogP) is 3.66. The summed E-state index contributed by atoms with van der Waals surface area (Å²) in [4.78, 5) is 4.81. The van der Waals surface area contributed by atoms with Crippen molar-refractivity contribution in [1.82, 2.24) is 10.6 Å². The van der Waals surface area contributed by atoms with Crippen LogP contribution < -0.4 is 10.6 Å². The van der Waals surface area contributed by atoms with Crippen LogP contribution in [0.15, 0.2) is 23.2 Å². The normalized spacial score (nSPS) is 18.7. The van der Waals surface area contributed by atoms with Gasteiger partial charge in [0.05, 0.1) is 12.6 Å². The average molecular weight is 368 g/mol. The summed E-state index contributed by atoms with van der Waals surface area (Å²) in [5.74, 6) is 0.604. The molecule has 1 saturated heterocycles. The summed E-state index contributed by atoms with van der Waals surface area (Å²) < 4.78 is 19.5. The first-order valence-electron chi connectivity index (χ1n) is 8.93. The molecule has 0 aromatic heterocycles. The molecule has 1 fully saturated rings. The molecular formula is C19H30FN3OS. The van der Waals surface area contributed by atoms with Crippen molar-refractivity contribution in [2.75, 3.05) is 32.6 Å². The van der Waals surface area contributed by atoms with Gasteiger partial charge in [-0.1, -0.05) is 12.1 Å². The third-order valence-corrected chi connectivity index (χ3v) is 6.16. The standard InChI is InChI=1S/C19H30FN3OS/c1-5-21-18(22-13-19(25-4)8-10-24-11-9-19)23-15(3)16-7-6-14(2)17(20)12-16/h6-7,12,15H,5,8-11,13H2,1-4H3,(H2,21,22,23). The zero-order valence-corrected chi connectivity index (χ0v) is 16.5. The number of aliphatic imine (C=N–C) groups is 1. The summed E-state index contributed by atoms with van der Waals surface area (Å²) in [6, 6.07) is 5.35. The summed E-state index contributed by atoms with van der Waals surface area (Å²) in [6.45, 7) is 9.00. The SMILES string of the molecule is CCNC(=NCC1(SC)CCOCC1)NC(C)c1ccc(C)c(F)c1. The summed E-state index contributed by atoms with van der Waals surface area (Å²) in [7, 11) is 0. The molecule has 0 amide bonds. The second-order valence-electron chi connectivity index (χ2n) is 6.57. The zero-order valence-electron chi connectivity index (χ0n) is 15.7. The quantitative estimate of drug-likeness (QED) is 0.595. The Labute approximate surface area is 155 Å². The highest BCUT2D eigenvalue weighted by molar-refractivity contribution is 8.00. The number of rotatable bonds is 6. The maximum absolute atomic E-state index is 13.8. The number of hydrogen-bond acceptors (Lipinski definition) is 3. The van der Waals surface area contributed by atoms with Crippen molar-refractivity contribution in [3.05, 3.63) is 35.1 Å². The number of halogens is 1. The van der Waals surface area contributed by atoms with Crippen LogP contribution in [-0.2, 0) is 4.74 Å². The molecule has 1 heterocycles. The van der Waals surface area contributed by atoms with Gasteiger partial charge < -0.3 is 15.4 Å². The van der Waals surface area contributed by atoms with E-state index in [9.17, 15) is 4.39 Å². The number of nitrogens with zero attached hydrogens (tertiary/aromatic N) is 1. The van der Waals surface area contributed by atoms with Gasteiger partial charge in [0.2, 0.25) is 0 Å². The highest BCUT2D eigenvalue weighted by Crippen LogP contribution is 2.34. The van der Waals surface area contributed by atoms with Crippen LogP contribution in [0.4, 0.5) is 4.39 Å². The first kappa shape index (κ1) is 20.0. The Kier molecular flexibility index (Phi) is 7.56. The highest BCUT2D eigenvalue weighted by Gasteiger charge is 2.31. The van der Waals surface area contributed by atoms with Gasteiger partial charge in [0.25, 0.3) is 0 Å². The van der Waals surface area contributed by atoms with Crippen LogP contribution in [0.25, 0.3) is 0 Å². The lowest BCUT2D eigenvalue weighted by Gasteiger charge is -2.34. The summed E-state index contributed by atoms with van der Waals surface area (Å²) in [6.07, 6.45) is 4.20. The van der Waals surface area contributed by atoms with Crippen LogP contribution in [0.2, 0.25) is 0 Å². The van der Waals surface area contributed by atoms with Gasteiger partial charge >= 0.3 is 0 Å². The zero-order chi connectivity index (χ0) is 18.3. The van der Waals surface area contributed by atoms with Gasteiger partial charge in [-0.2, -0.15) is 11.8 Å². The Bertz CT molecular complexity index is 588. The molecule has 1 aromatic rings. The van der Waals surface area contributed by atoms with Crippen molar-refractivity contribution in [2.45, 2.75) is 44.4 Å². The van der Waals surface area contributed by atoms with E-state index in [4.69, 9.17) is 9.73 Å². The lowest BCUT2D eigenvalue weighted by atomic mass is 9.99. The van der Waals surface area contributed by atoms with Crippen molar-refractivity contribution >= 4 is 17.7 Å². The molecule has 0 spiro atoms. The van der Waals surface area contributed by atoms with Crippen LogP contribution in [0.3, 0.4) is 0 Å². The van der Waals surface area contributed by atoms with Gasteiger partial charge in [0.15, 0.2) is 5.96 Å². The smallest absolute Gasteiger partial charge is 0.191 e. The molecule has 1 atom stereocenters. The number of guanidine groups is 1. The molecule has 1 aliphatic rings.